The number of benzene rings is 1. The van der Waals surface area contributed by atoms with Crippen molar-refractivity contribution in [1.29, 1.82) is 0 Å². The number of alkyl halides is 1. The lowest BCUT2D eigenvalue weighted by molar-refractivity contribution is 0.0900. The highest BCUT2D eigenvalue weighted by molar-refractivity contribution is 6.18. The van der Waals surface area contributed by atoms with Gasteiger partial charge in [-0.1, -0.05) is 18.9 Å². The maximum Gasteiger partial charge on any atom is 0.255 e. The van der Waals surface area contributed by atoms with Gasteiger partial charge >= 0.3 is 0 Å². The molecule has 1 aromatic carbocycles. The van der Waals surface area contributed by atoms with Crippen molar-refractivity contribution < 1.29 is 14.3 Å². The summed E-state index contributed by atoms with van der Waals surface area (Å²) in [5.41, 5.74) is 0.547. The van der Waals surface area contributed by atoms with Crippen LogP contribution in [0.5, 0.6) is 11.5 Å². The van der Waals surface area contributed by atoms with Crippen molar-refractivity contribution in [2.45, 2.75) is 31.7 Å². The third-order valence-corrected chi connectivity index (χ3v) is 4.63. The van der Waals surface area contributed by atoms with Crippen LogP contribution in [0.25, 0.3) is 0 Å². The van der Waals surface area contributed by atoms with Crippen molar-refractivity contribution in [2.75, 3.05) is 19.1 Å². The number of nitrogens with one attached hydrogen (secondary N) is 1. The number of carbonyl (C=O) groups is 1. The Kier molecular flexibility index (Phi) is 4.54. The fourth-order valence-corrected chi connectivity index (χ4v) is 3.45. The van der Waals surface area contributed by atoms with Crippen LogP contribution in [0.3, 0.4) is 0 Å². The smallest absolute Gasteiger partial charge is 0.255 e. The quantitative estimate of drug-likeness (QED) is 0.873. The molecule has 114 valence electrons. The second-order valence-corrected chi connectivity index (χ2v) is 5.92. The first-order chi connectivity index (χ1) is 10.3. The molecule has 0 aromatic heterocycles. The highest BCUT2D eigenvalue weighted by atomic mass is 35.5. The Hall–Kier alpha value is -1.42. The van der Waals surface area contributed by atoms with Crippen LogP contribution in [0.1, 0.15) is 36.0 Å². The van der Waals surface area contributed by atoms with E-state index in [0.717, 1.165) is 19.3 Å². The Morgan fingerprint density at radius 3 is 2.90 bits per heavy atom. The number of hydrogen-bond donors (Lipinski definition) is 1. The second-order valence-electron chi connectivity index (χ2n) is 5.61. The zero-order chi connectivity index (χ0) is 14.7. The average molecular weight is 310 g/mol. The van der Waals surface area contributed by atoms with Gasteiger partial charge < -0.3 is 14.8 Å². The van der Waals surface area contributed by atoms with E-state index in [0.29, 0.717) is 42.1 Å². The molecule has 1 aliphatic heterocycles. The van der Waals surface area contributed by atoms with Gasteiger partial charge in [-0.2, -0.15) is 0 Å². The van der Waals surface area contributed by atoms with Crippen LogP contribution >= 0.6 is 11.6 Å². The zero-order valence-electron chi connectivity index (χ0n) is 11.9. The van der Waals surface area contributed by atoms with Crippen molar-refractivity contribution in [2.24, 2.45) is 5.92 Å². The van der Waals surface area contributed by atoms with E-state index in [-0.39, 0.29) is 11.9 Å². The summed E-state index contributed by atoms with van der Waals surface area (Å²) >= 11 is 6.02. The molecule has 3 rings (SSSR count). The number of ether oxygens (including phenoxy) is 2. The van der Waals surface area contributed by atoms with Gasteiger partial charge in [-0.3, -0.25) is 4.79 Å². The van der Waals surface area contributed by atoms with E-state index in [1.807, 2.05) is 12.1 Å². The Labute approximate surface area is 129 Å². The second kappa shape index (κ2) is 6.56. The molecule has 0 saturated heterocycles. The Bertz CT molecular complexity index is 520. The van der Waals surface area contributed by atoms with Crippen molar-refractivity contribution >= 4 is 17.5 Å². The van der Waals surface area contributed by atoms with E-state index in [1.54, 1.807) is 6.07 Å². The number of halogens is 1. The molecular formula is C16H20ClNO3. The zero-order valence-corrected chi connectivity index (χ0v) is 12.7. The van der Waals surface area contributed by atoms with Crippen molar-refractivity contribution in [3.63, 3.8) is 0 Å². The summed E-state index contributed by atoms with van der Waals surface area (Å²) in [5.74, 6) is 2.06. The molecule has 21 heavy (non-hydrogen) atoms. The molecule has 0 spiro atoms. The van der Waals surface area contributed by atoms with Crippen LogP contribution in [0.4, 0.5) is 0 Å². The van der Waals surface area contributed by atoms with Gasteiger partial charge in [0.15, 0.2) is 11.5 Å². The van der Waals surface area contributed by atoms with Crippen LogP contribution < -0.4 is 14.8 Å². The third kappa shape index (κ3) is 3.10. The fourth-order valence-electron chi connectivity index (χ4n) is 3.08. The summed E-state index contributed by atoms with van der Waals surface area (Å²) in [6.07, 6.45) is 4.42. The fraction of sp³-hybridized carbons (Fsp3) is 0.562. The van der Waals surface area contributed by atoms with Crippen LogP contribution in [-0.4, -0.2) is 31.0 Å². The van der Waals surface area contributed by atoms with E-state index >= 15 is 0 Å². The summed E-state index contributed by atoms with van der Waals surface area (Å²) in [4.78, 5) is 12.6. The van der Waals surface area contributed by atoms with Gasteiger partial charge in [-0.15, -0.1) is 11.6 Å². The van der Waals surface area contributed by atoms with Crippen molar-refractivity contribution in [3.05, 3.63) is 23.8 Å². The molecule has 1 aliphatic carbocycles. The number of para-hydroxylation sites is 1. The molecule has 2 unspecified atom stereocenters. The topological polar surface area (TPSA) is 47.6 Å². The minimum Gasteiger partial charge on any atom is -0.486 e. The van der Waals surface area contributed by atoms with Gasteiger partial charge in [0, 0.05) is 11.9 Å². The number of amides is 1. The maximum absolute atomic E-state index is 12.6. The highest BCUT2D eigenvalue weighted by Crippen LogP contribution is 2.34. The molecule has 1 saturated carbocycles. The van der Waals surface area contributed by atoms with Gasteiger partial charge in [0.05, 0.1) is 5.56 Å². The first-order valence-corrected chi connectivity index (χ1v) is 8.08. The molecule has 1 aromatic rings. The largest absolute Gasteiger partial charge is 0.486 e. The monoisotopic (exact) mass is 309 g/mol. The molecule has 2 atom stereocenters. The van der Waals surface area contributed by atoms with Crippen LogP contribution in [0.15, 0.2) is 18.2 Å². The van der Waals surface area contributed by atoms with E-state index in [9.17, 15) is 4.79 Å². The van der Waals surface area contributed by atoms with Gasteiger partial charge in [-0.05, 0) is 30.9 Å². The lowest BCUT2D eigenvalue weighted by atomic mass is 9.85. The number of fused-ring (bicyclic) bond motifs is 1. The maximum atomic E-state index is 12.6. The number of carbonyl (C=O) groups excluding carboxylic acids is 1. The van der Waals surface area contributed by atoms with E-state index in [4.69, 9.17) is 21.1 Å². The lowest BCUT2D eigenvalue weighted by Crippen LogP contribution is -2.43. The highest BCUT2D eigenvalue weighted by Gasteiger charge is 2.28. The Morgan fingerprint density at radius 2 is 2.05 bits per heavy atom. The van der Waals surface area contributed by atoms with Crippen molar-refractivity contribution in [1.82, 2.24) is 5.32 Å². The van der Waals surface area contributed by atoms with Gasteiger partial charge in [0.25, 0.3) is 5.91 Å². The molecular weight excluding hydrogens is 290 g/mol. The van der Waals surface area contributed by atoms with Crippen LogP contribution in [0.2, 0.25) is 0 Å². The predicted molar refractivity (Wildman–Crippen MR) is 81.4 cm³/mol. The minimum atomic E-state index is -0.0978. The third-order valence-electron chi connectivity index (χ3n) is 4.23. The molecule has 1 N–H and O–H groups in total. The molecule has 1 fully saturated rings. The predicted octanol–water partition coefficient (Wildman–Crippen LogP) is 2.99. The van der Waals surface area contributed by atoms with E-state index in [2.05, 4.69) is 5.32 Å². The van der Waals surface area contributed by atoms with Gasteiger partial charge in [0.2, 0.25) is 0 Å². The molecule has 4 nitrogen and oxygen atoms in total. The minimum absolute atomic E-state index is 0.0978. The van der Waals surface area contributed by atoms with Crippen LogP contribution in [-0.2, 0) is 0 Å². The Morgan fingerprint density at radius 1 is 1.24 bits per heavy atom. The molecule has 2 aliphatic rings. The van der Waals surface area contributed by atoms with E-state index in [1.165, 1.54) is 6.42 Å². The standard InChI is InChI=1S/C16H20ClNO3/c17-10-11-4-1-2-6-13(11)18-16(19)12-5-3-7-14-15(12)21-9-8-20-14/h3,5,7,11,13H,1-2,4,6,8-10H2,(H,18,19). The molecule has 1 heterocycles. The molecule has 5 heteroatoms. The van der Waals surface area contributed by atoms with Gasteiger partial charge in [0.1, 0.15) is 13.2 Å². The number of rotatable bonds is 3. The van der Waals surface area contributed by atoms with Crippen molar-refractivity contribution in [3.8, 4) is 11.5 Å². The lowest BCUT2D eigenvalue weighted by Gasteiger charge is -2.31. The summed E-state index contributed by atoms with van der Waals surface area (Å²) in [5, 5.41) is 3.13. The number of hydrogen-bond acceptors (Lipinski definition) is 3. The molecule has 0 radical (unpaired) electrons. The Balaban J connectivity index is 1.76. The summed E-state index contributed by atoms with van der Waals surface area (Å²) in [6, 6.07) is 5.58. The summed E-state index contributed by atoms with van der Waals surface area (Å²) in [6.45, 7) is 1.00. The average Bonchev–Trinajstić information content (AvgIpc) is 2.54. The first-order valence-electron chi connectivity index (χ1n) is 7.55. The van der Waals surface area contributed by atoms with Crippen LogP contribution in [0, 0.1) is 5.92 Å². The first kappa shape index (κ1) is 14.5. The summed E-state index contributed by atoms with van der Waals surface area (Å²) < 4.78 is 11.1. The SMILES string of the molecule is O=C(NC1CCCCC1CCl)c1cccc2c1OCCO2. The summed E-state index contributed by atoms with van der Waals surface area (Å²) in [7, 11) is 0. The van der Waals surface area contributed by atoms with Gasteiger partial charge in [-0.25, -0.2) is 0 Å². The normalized spacial score (nSPS) is 24.4. The molecule has 0 bridgehead atoms. The van der Waals surface area contributed by atoms with E-state index < -0.39 is 0 Å². The molecule has 1 amide bonds.